The summed E-state index contributed by atoms with van der Waals surface area (Å²) in [6.07, 6.45) is 2.39. The van der Waals surface area contributed by atoms with Crippen molar-refractivity contribution in [2.75, 3.05) is 18.1 Å². The lowest BCUT2D eigenvalue weighted by Crippen LogP contribution is -2.36. The Morgan fingerprint density at radius 1 is 1.50 bits per heavy atom. The van der Waals surface area contributed by atoms with Gasteiger partial charge >= 0.3 is 0 Å². The van der Waals surface area contributed by atoms with Gasteiger partial charge in [0.25, 0.3) is 0 Å². The lowest BCUT2D eigenvalue weighted by molar-refractivity contribution is 0.291. The topological polar surface area (TPSA) is 94.8 Å². The van der Waals surface area contributed by atoms with Crippen molar-refractivity contribution in [3.8, 4) is 0 Å². The van der Waals surface area contributed by atoms with E-state index < -0.39 is 0 Å². The molecule has 14 heavy (non-hydrogen) atoms. The van der Waals surface area contributed by atoms with E-state index in [0.717, 1.165) is 12.4 Å². The molecule has 0 spiro atoms. The first kappa shape index (κ1) is 9.26. The summed E-state index contributed by atoms with van der Waals surface area (Å²) in [6, 6.07) is 0.179. The van der Waals surface area contributed by atoms with Gasteiger partial charge in [-0.3, -0.25) is 0 Å². The minimum Gasteiger partial charge on any atom is -0.366 e. The average molecular weight is 196 g/mol. The molecule has 2 rings (SSSR count). The molecule has 6 heteroatoms. The zero-order chi connectivity index (χ0) is 10.1. The third-order valence-corrected chi connectivity index (χ3v) is 2.80. The van der Waals surface area contributed by atoms with Gasteiger partial charge in [0.15, 0.2) is 5.82 Å². The third-order valence-electron chi connectivity index (χ3n) is 2.80. The monoisotopic (exact) mass is 196 g/mol. The van der Waals surface area contributed by atoms with Gasteiger partial charge in [0, 0.05) is 0 Å². The second-order valence-corrected chi connectivity index (χ2v) is 3.84. The highest BCUT2D eigenvalue weighted by Crippen LogP contribution is 2.27. The first-order chi connectivity index (χ1) is 6.70. The van der Waals surface area contributed by atoms with E-state index in [1.807, 2.05) is 0 Å². The molecule has 2 atom stereocenters. The van der Waals surface area contributed by atoms with Gasteiger partial charge in [0.2, 0.25) is 5.95 Å². The molecule has 0 aliphatic carbocycles. The molecule has 5 N–H and O–H groups in total. The average Bonchev–Trinajstić information content (AvgIpc) is 2.49. The third kappa shape index (κ3) is 1.41. The highest BCUT2D eigenvalue weighted by atomic mass is 15.5. The summed E-state index contributed by atoms with van der Waals surface area (Å²) >= 11 is 0. The van der Waals surface area contributed by atoms with E-state index in [1.165, 1.54) is 17.5 Å². The Hall–Kier alpha value is -1.30. The summed E-state index contributed by atoms with van der Waals surface area (Å²) in [5.74, 6) is 7.24. The fourth-order valence-corrected chi connectivity index (χ4v) is 1.92. The van der Waals surface area contributed by atoms with Crippen molar-refractivity contribution < 1.29 is 0 Å². The standard InChI is InChI=1S/C8H16N6/c1-5-3-2-4-11-6(5)7-12-13-8(9)14(7)10/h5-6,11H,2-4,10H2,1H3,(H2,9,13). The maximum atomic E-state index is 5.72. The number of hydrogen-bond donors (Lipinski definition) is 3. The number of rotatable bonds is 1. The van der Waals surface area contributed by atoms with Gasteiger partial charge in [-0.2, -0.15) is 0 Å². The van der Waals surface area contributed by atoms with Crippen molar-refractivity contribution in [2.45, 2.75) is 25.8 Å². The molecule has 1 saturated heterocycles. The minimum absolute atomic E-state index is 0.179. The Morgan fingerprint density at radius 3 is 2.86 bits per heavy atom. The molecule has 0 saturated carbocycles. The van der Waals surface area contributed by atoms with Crippen LogP contribution in [0.2, 0.25) is 0 Å². The molecule has 78 valence electrons. The zero-order valence-corrected chi connectivity index (χ0v) is 8.27. The van der Waals surface area contributed by atoms with Crippen molar-refractivity contribution in [3.05, 3.63) is 5.82 Å². The Bertz CT molecular complexity index is 320. The van der Waals surface area contributed by atoms with Gasteiger partial charge in [-0.05, 0) is 25.3 Å². The highest BCUT2D eigenvalue weighted by Gasteiger charge is 2.27. The fraction of sp³-hybridized carbons (Fsp3) is 0.750. The van der Waals surface area contributed by atoms with Crippen LogP contribution in [0.4, 0.5) is 5.95 Å². The molecule has 0 amide bonds. The number of hydrogen-bond acceptors (Lipinski definition) is 5. The summed E-state index contributed by atoms with van der Waals surface area (Å²) in [6.45, 7) is 3.18. The van der Waals surface area contributed by atoms with Crippen LogP contribution in [0.15, 0.2) is 0 Å². The van der Waals surface area contributed by atoms with E-state index in [2.05, 4.69) is 22.4 Å². The lowest BCUT2D eigenvalue weighted by Gasteiger charge is -2.28. The normalized spacial score (nSPS) is 27.8. The molecular formula is C8H16N6. The van der Waals surface area contributed by atoms with Gasteiger partial charge in [0.05, 0.1) is 6.04 Å². The summed E-state index contributed by atoms with van der Waals surface area (Å²) in [5.41, 5.74) is 5.53. The number of nitrogens with two attached hydrogens (primary N) is 2. The second kappa shape index (κ2) is 3.45. The maximum Gasteiger partial charge on any atom is 0.240 e. The van der Waals surface area contributed by atoms with Gasteiger partial charge in [-0.1, -0.05) is 6.92 Å². The van der Waals surface area contributed by atoms with Crippen molar-refractivity contribution >= 4 is 5.95 Å². The Balaban J connectivity index is 2.24. The summed E-state index contributed by atoms with van der Waals surface area (Å²) in [5, 5.41) is 11.1. The molecule has 1 fully saturated rings. The predicted molar refractivity (Wildman–Crippen MR) is 53.7 cm³/mol. The first-order valence-corrected chi connectivity index (χ1v) is 4.89. The molecule has 1 aromatic heterocycles. The number of nitrogens with zero attached hydrogens (tertiary/aromatic N) is 3. The van der Waals surface area contributed by atoms with Gasteiger partial charge in [-0.25, -0.2) is 4.68 Å². The van der Waals surface area contributed by atoms with Crippen LogP contribution in [0.1, 0.15) is 31.6 Å². The summed E-state index contributed by atoms with van der Waals surface area (Å²) in [7, 11) is 0. The van der Waals surface area contributed by atoms with Gasteiger partial charge in [0.1, 0.15) is 0 Å². The lowest BCUT2D eigenvalue weighted by atomic mass is 9.92. The molecular weight excluding hydrogens is 180 g/mol. The molecule has 0 aromatic carbocycles. The maximum absolute atomic E-state index is 5.72. The number of piperidine rings is 1. The van der Waals surface area contributed by atoms with Gasteiger partial charge < -0.3 is 16.9 Å². The molecule has 1 aliphatic heterocycles. The van der Waals surface area contributed by atoms with Crippen LogP contribution in [0.25, 0.3) is 0 Å². The predicted octanol–water partition coefficient (Wildman–Crippen LogP) is -0.365. The van der Waals surface area contributed by atoms with Crippen LogP contribution >= 0.6 is 0 Å². The van der Waals surface area contributed by atoms with Crippen LogP contribution in [0.5, 0.6) is 0 Å². The van der Waals surface area contributed by atoms with E-state index >= 15 is 0 Å². The van der Waals surface area contributed by atoms with E-state index in [-0.39, 0.29) is 12.0 Å². The second-order valence-electron chi connectivity index (χ2n) is 3.84. The molecule has 1 aliphatic rings. The van der Waals surface area contributed by atoms with E-state index in [4.69, 9.17) is 11.6 Å². The minimum atomic E-state index is 0.179. The molecule has 2 heterocycles. The molecule has 1 aromatic rings. The van der Waals surface area contributed by atoms with E-state index in [1.54, 1.807) is 0 Å². The first-order valence-electron chi connectivity index (χ1n) is 4.89. The Morgan fingerprint density at radius 2 is 2.29 bits per heavy atom. The van der Waals surface area contributed by atoms with Crippen molar-refractivity contribution in [2.24, 2.45) is 5.92 Å². The SMILES string of the molecule is CC1CCCNC1c1nnc(N)n1N. The summed E-state index contributed by atoms with van der Waals surface area (Å²) < 4.78 is 1.36. The van der Waals surface area contributed by atoms with Gasteiger partial charge in [-0.15, -0.1) is 10.2 Å². The number of nitrogens with one attached hydrogen (secondary N) is 1. The highest BCUT2D eigenvalue weighted by molar-refractivity contribution is 5.19. The van der Waals surface area contributed by atoms with Crippen molar-refractivity contribution in [1.29, 1.82) is 0 Å². The molecule has 0 radical (unpaired) electrons. The summed E-state index contributed by atoms with van der Waals surface area (Å²) in [4.78, 5) is 0. The fourth-order valence-electron chi connectivity index (χ4n) is 1.92. The van der Waals surface area contributed by atoms with Crippen LogP contribution in [-0.2, 0) is 0 Å². The van der Waals surface area contributed by atoms with Crippen LogP contribution < -0.4 is 16.9 Å². The number of nitrogen functional groups attached to an aromatic ring is 2. The Kier molecular flexibility index (Phi) is 2.28. The van der Waals surface area contributed by atoms with Crippen molar-refractivity contribution in [3.63, 3.8) is 0 Å². The largest absolute Gasteiger partial charge is 0.366 e. The zero-order valence-electron chi connectivity index (χ0n) is 8.27. The molecule has 6 nitrogen and oxygen atoms in total. The molecule has 0 bridgehead atoms. The van der Waals surface area contributed by atoms with Crippen molar-refractivity contribution in [1.82, 2.24) is 20.2 Å². The van der Waals surface area contributed by atoms with E-state index in [9.17, 15) is 0 Å². The quantitative estimate of drug-likeness (QED) is 0.533. The van der Waals surface area contributed by atoms with E-state index in [0.29, 0.717) is 5.92 Å². The number of anilines is 1. The van der Waals surface area contributed by atoms with Crippen LogP contribution in [-0.4, -0.2) is 21.4 Å². The smallest absolute Gasteiger partial charge is 0.240 e. The number of aromatic nitrogens is 3. The van der Waals surface area contributed by atoms with Crippen LogP contribution in [0.3, 0.4) is 0 Å². The Labute approximate surface area is 82.6 Å². The van der Waals surface area contributed by atoms with Crippen LogP contribution in [0, 0.1) is 5.92 Å². The molecule has 2 unspecified atom stereocenters.